The van der Waals surface area contributed by atoms with Crippen LogP contribution < -0.4 is 0 Å². The van der Waals surface area contributed by atoms with E-state index in [0.29, 0.717) is 11.8 Å². The fraction of sp³-hybridized carbons (Fsp3) is 0.588. The molecule has 0 spiro atoms. The third kappa shape index (κ3) is 2.83. The predicted octanol–water partition coefficient (Wildman–Crippen LogP) is 4.44. The molecule has 2 rings (SSSR count). The van der Waals surface area contributed by atoms with E-state index in [1.165, 1.54) is 16.7 Å². The van der Waals surface area contributed by atoms with Crippen LogP contribution in [0.1, 0.15) is 75.5 Å². The van der Waals surface area contributed by atoms with Gasteiger partial charge in [-0.25, -0.2) is 0 Å². The van der Waals surface area contributed by atoms with Gasteiger partial charge in [-0.05, 0) is 41.4 Å². The molecule has 0 atom stereocenters. The lowest BCUT2D eigenvalue weighted by Crippen LogP contribution is -2.16. The first-order chi connectivity index (χ1) is 8.85. The molecule has 0 aliphatic heterocycles. The number of hydrogen-bond donors (Lipinski definition) is 1. The molecule has 104 valence electrons. The van der Waals surface area contributed by atoms with Crippen molar-refractivity contribution in [1.82, 2.24) is 0 Å². The van der Waals surface area contributed by atoms with Crippen molar-refractivity contribution >= 4 is 5.97 Å². The minimum atomic E-state index is -0.679. The zero-order chi connectivity index (χ0) is 14.2. The van der Waals surface area contributed by atoms with Gasteiger partial charge in [0, 0.05) is 5.41 Å². The molecule has 1 aromatic carbocycles. The van der Waals surface area contributed by atoms with Crippen molar-refractivity contribution in [2.75, 3.05) is 0 Å². The van der Waals surface area contributed by atoms with Gasteiger partial charge in [0.2, 0.25) is 0 Å². The van der Waals surface area contributed by atoms with Gasteiger partial charge in [-0.1, -0.05) is 45.9 Å². The van der Waals surface area contributed by atoms with Crippen LogP contribution in [-0.4, -0.2) is 11.1 Å². The van der Waals surface area contributed by atoms with E-state index in [9.17, 15) is 4.79 Å². The van der Waals surface area contributed by atoms with Gasteiger partial charge < -0.3 is 5.11 Å². The minimum absolute atomic E-state index is 0.0870. The number of carboxylic acids is 1. The van der Waals surface area contributed by atoms with Crippen LogP contribution in [0.2, 0.25) is 0 Å². The number of aliphatic carboxylic acids is 1. The summed E-state index contributed by atoms with van der Waals surface area (Å²) < 4.78 is 0. The van der Waals surface area contributed by atoms with Crippen LogP contribution >= 0.6 is 0 Å². The summed E-state index contributed by atoms with van der Waals surface area (Å²) in [5.74, 6) is 0.255. The van der Waals surface area contributed by atoms with E-state index in [4.69, 9.17) is 5.11 Å². The summed E-state index contributed by atoms with van der Waals surface area (Å²) in [6, 6.07) is 6.66. The molecule has 1 N–H and O–H groups in total. The Hall–Kier alpha value is -1.31. The molecular formula is C17H24O2. The summed E-state index contributed by atoms with van der Waals surface area (Å²) >= 11 is 0. The Morgan fingerprint density at radius 2 is 1.84 bits per heavy atom. The standard InChI is InChI=1S/C17H24O2/c1-11(2)13-5-6-14(12(3)4)15(9-13)17(7-8-17)10-16(18)19/h5-6,9,11-12H,7-8,10H2,1-4H3,(H,18,19). The van der Waals surface area contributed by atoms with Gasteiger partial charge in [0.05, 0.1) is 6.42 Å². The van der Waals surface area contributed by atoms with Crippen LogP contribution in [-0.2, 0) is 10.2 Å². The topological polar surface area (TPSA) is 37.3 Å². The van der Waals surface area contributed by atoms with Crippen LogP contribution in [0.5, 0.6) is 0 Å². The average Bonchev–Trinajstić information content (AvgIpc) is 3.08. The van der Waals surface area contributed by atoms with E-state index in [1.54, 1.807) is 0 Å². The van der Waals surface area contributed by atoms with E-state index in [-0.39, 0.29) is 11.8 Å². The second-order valence-corrected chi connectivity index (χ2v) is 6.51. The Labute approximate surface area is 115 Å². The minimum Gasteiger partial charge on any atom is -0.481 e. The number of carbonyl (C=O) groups is 1. The fourth-order valence-electron chi connectivity index (χ4n) is 2.88. The summed E-state index contributed by atoms with van der Waals surface area (Å²) in [5, 5.41) is 9.16. The van der Waals surface area contributed by atoms with E-state index in [0.717, 1.165) is 12.8 Å². The molecule has 0 aromatic heterocycles. The Morgan fingerprint density at radius 3 is 2.26 bits per heavy atom. The highest BCUT2D eigenvalue weighted by Gasteiger charge is 2.47. The molecule has 19 heavy (non-hydrogen) atoms. The predicted molar refractivity (Wildman–Crippen MR) is 77.8 cm³/mol. The van der Waals surface area contributed by atoms with Crippen LogP contribution in [0.4, 0.5) is 0 Å². The molecule has 1 aliphatic carbocycles. The zero-order valence-electron chi connectivity index (χ0n) is 12.4. The molecule has 0 unspecified atom stereocenters. The number of benzene rings is 1. The maximum absolute atomic E-state index is 11.1. The maximum Gasteiger partial charge on any atom is 0.304 e. The molecule has 1 aliphatic rings. The molecule has 0 saturated heterocycles. The van der Waals surface area contributed by atoms with Gasteiger partial charge in [0.15, 0.2) is 0 Å². The van der Waals surface area contributed by atoms with Gasteiger partial charge in [-0.3, -0.25) is 4.79 Å². The summed E-state index contributed by atoms with van der Waals surface area (Å²) in [4.78, 5) is 11.1. The fourth-order valence-corrected chi connectivity index (χ4v) is 2.88. The van der Waals surface area contributed by atoms with Crippen LogP contribution in [0.3, 0.4) is 0 Å². The van der Waals surface area contributed by atoms with Crippen LogP contribution in [0.15, 0.2) is 18.2 Å². The molecule has 0 heterocycles. The van der Waals surface area contributed by atoms with Gasteiger partial charge in [0.1, 0.15) is 0 Å². The molecule has 1 saturated carbocycles. The number of hydrogen-bond acceptors (Lipinski definition) is 1. The van der Waals surface area contributed by atoms with Crippen molar-refractivity contribution < 1.29 is 9.90 Å². The first kappa shape index (κ1) is 14.1. The molecule has 0 radical (unpaired) electrons. The third-order valence-corrected chi connectivity index (χ3v) is 4.28. The molecule has 1 fully saturated rings. The van der Waals surface area contributed by atoms with Crippen molar-refractivity contribution in [2.45, 2.75) is 64.2 Å². The summed E-state index contributed by atoms with van der Waals surface area (Å²) in [7, 11) is 0. The van der Waals surface area contributed by atoms with Crippen molar-refractivity contribution in [3.05, 3.63) is 34.9 Å². The average molecular weight is 260 g/mol. The van der Waals surface area contributed by atoms with Crippen molar-refractivity contribution in [2.24, 2.45) is 0 Å². The monoisotopic (exact) mass is 260 g/mol. The van der Waals surface area contributed by atoms with E-state index < -0.39 is 5.97 Å². The quantitative estimate of drug-likeness (QED) is 0.849. The van der Waals surface area contributed by atoms with Gasteiger partial charge >= 0.3 is 5.97 Å². The molecule has 0 amide bonds. The smallest absolute Gasteiger partial charge is 0.304 e. The first-order valence-electron chi connectivity index (χ1n) is 7.22. The van der Waals surface area contributed by atoms with Crippen molar-refractivity contribution in [3.63, 3.8) is 0 Å². The van der Waals surface area contributed by atoms with Gasteiger partial charge in [0.25, 0.3) is 0 Å². The van der Waals surface area contributed by atoms with E-state index >= 15 is 0 Å². The highest BCUT2D eigenvalue weighted by molar-refractivity contribution is 5.70. The van der Waals surface area contributed by atoms with Crippen molar-refractivity contribution in [1.29, 1.82) is 0 Å². The van der Waals surface area contributed by atoms with Gasteiger partial charge in [-0.15, -0.1) is 0 Å². The lowest BCUT2D eigenvalue weighted by Gasteiger charge is -2.22. The summed E-state index contributed by atoms with van der Waals surface area (Å²) in [5.41, 5.74) is 3.84. The molecule has 0 bridgehead atoms. The van der Waals surface area contributed by atoms with Crippen LogP contribution in [0, 0.1) is 0 Å². The molecular weight excluding hydrogens is 236 g/mol. The van der Waals surface area contributed by atoms with Crippen LogP contribution in [0.25, 0.3) is 0 Å². The molecule has 2 heteroatoms. The Balaban J connectivity index is 2.46. The second kappa shape index (κ2) is 4.99. The highest BCUT2D eigenvalue weighted by atomic mass is 16.4. The lowest BCUT2D eigenvalue weighted by atomic mass is 9.82. The maximum atomic E-state index is 11.1. The Morgan fingerprint density at radius 1 is 1.21 bits per heavy atom. The molecule has 1 aromatic rings. The van der Waals surface area contributed by atoms with Gasteiger partial charge in [-0.2, -0.15) is 0 Å². The lowest BCUT2D eigenvalue weighted by molar-refractivity contribution is -0.137. The number of rotatable bonds is 5. The van der Waals surface area contributed by atoms with E-state index in [1.807, 2.05) is 0 Å². The first-order valence-corrected chi connectivity index (χ1v) is 7.22. The Kier molecular flexibility index (Phi) is 3.71. The SMILES string of the molecule is CC(C)c1ccc(C(C)C)c(C2(CC(=O)O)CC2)c1. The normalized spacial score (nSPS) is 16.9. The second-order valence-electron chi connectivity index (χ2n) is 6.51. The highest BCUT2D eigenvalue weighted by Crippen LogP contribution is 2.53. The molecule has 2 nitrogen and oxygen atoms in total. The number of carboxylic acid groups (broad SMARTS) is 1. The Bertz CT molecular complexity index is 482. The zero-order valence-corrected chi connectivity index (χ0v) is 12.4. The third-order valence-electron chi connectivity index (χ3n) is 4.28. The summed E-state index contributed by atoms with van der Waals surface area (Å²) in [6.45, 7) is 8.74. The van der Waals surface area contributed by atoms with E-state index in [2.05, 4.69) is 45.9 Å². The van der Waals surface area contributed by atoms with Crippen molar-refractivity contribution in [3.8, 4) is 0 Å². The largest absolute Gasteiger partial charge is 0.481 e. The summed E-state index contributed by atoms with van der Waals surface area (Å²) in [6.07, 6.45) is 2.30.